The second kappa shape index (κ2) is 7.94. The maximum absolute atomic E-state index is 13.3. The monoisotopic (exact) mass is 393 g/mol. The van der Waals surface area contributed by atoms with Gasteiger partial charge in [0.2, 0.25) is 0 Å². The van der Waals surface area contributed by atoms with Crippen LogP contribution in [0.3, 0.4) is 0 Å². The Hall–Kier alpha value is -2.37. The van der Waals surface area contributed by atoms with E-state index in [0.717, 1.165) is 25.3 Å². The Bertz CT molecular complexity index is 810. The lowest BCUT2D eigenvalue weighted by atomic mass is 9.98. The van der Waals surface area contributed by atoms with Gasteiger partial charge in [0.15, 0.2) is 0 Å². The highest BCUT2D eigenvalue weighted by molar-refractivity contribution is 5.95. The molecular formula is C22H23F4NO. The van der Waals surface area contributed by atoms with E-state index in [1.54, 1.807) is 17.0 Å². The van der Waals surface area contributed by atoms with Gasteiger partial charge in [0.1, 0.15) is 5.82 Å². The van der Waals surface area contributed by atoms with Gasteiger partial charge in [-0.2, -0.15) is 13.2 Å². The number of amides is 1. The van der Waals surface area contributed by atoms with Crippen molar-refractivity contribution in [2.45, 2.75) is 57.3 Å². The van der Waals surface area contributed by atoms with Crippen LogP contribution in [-0.4, -0.2) is 23.0 Å². The fourth-order valence-corrected chi connectivity index (χ4v) is 3.44. The summed E-state index contributed by atoms with van der Waals surface area (Å²) < 4.78 is 52.0. The van der Waals surface area contributed by atoms with E-state index in [1.807, 2.05) is 6.92 Å². The van der Waals surface area contributed by atoms with Crippen LogP contribution in [0.4, 0.5) is 17.6 Å². The highest BCUT2D eigenvalue weighted by Gasteiger charge is 2.39. The molecule has 0 saturated heterocycles. The molecule has 0 aromatic heterocycles. The van der Waals surface area contributed by atoms with Crippen LogP contribution in [0.5, 0.6) is 0 Å². The third-order valence-electron chi connectivity index (χ3n) is 5.30. The number of benzene rings is 2. The molecule has 0 bridgehead atoms. The van der Waals surface area contributed by atoms with E-state index in [-0.39, 0.29) is 29.4 Å². The Morgan fingerprint density at radius 2 is 1.57 bits per heavy atom. The number of nitrogens with zero attached hydrogens (tertiary/aromatic N) is 1. The van der Waals surface area contributed by atoms with Gasteiger partial charge in [-0.1, -0.05) is 31.2 Å². The van der Waals surface area contributed by atoms with Crippen molar-refractivity contribution in [1.82, 2.24) is 4.90 Å². The van der Waals surface area contributed by atoms with Gasteiger partial charge in [-0.15, -0.1) is 0 Å². The summed E-state index contributed by atoms with van der Waals surface area (Å²) in [6, 6.07) is 11.7. The van der Waals surface area contributed by atoms with Crippen molar-refractivity contribution in [3.05, 3.63) is 71.0 Å². The fourth-order valence-electron chi connectivity index (χ4n) is 3.44. The Balaban J connectivity index is 1.86. The van der Waals surface area contributed by atoms with E-state index in [2.05, 4.69) is 0 Å². The molecule has 2 nitrogen and oxygen atoms in total. The van der Waals surface area contributed by atoms with Gasteiger partial charge in [-0.3, -0.25) is 4.79 Å². The van der Waals surface area contributed by atoms with E-state index < -0.39 is 12.1 Å². The Morgan fingerprint density at radius 3 is 2.04 bits per heavy atom. The molecule has 150 valence electrons. The summed E-state index contributed by atoms with van der Waals surface area (Å²) in [5.41, 5.74) is 1.35. The molecule has 6 heteroatoms. The minimum Gasteiger partial charge on any atom is -0.329 e. The minimum absolute atomic E-state index is 0.108. The number of hydrogen-bond acceptors (Lipinski definition) is 1. The number of hydrogen-bond donors (Lipinski definition) is 0. The summed E-state index contributed by atoms with van der Waals surface area (Å²) >= 11 is 0. The molecule has 0 unspecified atom stereocenters. The summed E-state index contributed by atoms with van der Waals surface area (Å²) in [6.07, 6.45) is -1.86. The first-order chi connectivity index (χ1) is 13.2. The molecule has 2 atom stereocenters. The Morgan fingerprint density at radius 1 is 1.04 bits per heavy atom. The fraction of sp³-hybridized carbons (Fsp3) is 0.409. The van der Waals surface area contributed by atoms with Crippen molar-refractivity contribution in [2.75, 3.05) is 0 Å². The van der Waals surface area contributed by atoms with Crippen LogP contribution in [-0.2, 0) is 0 Å². The quantitative estimate of drug-likeness (QED) is 0.532. The second-order valence-corrected chi connectivity index (χ2v) is 7.30. The lowest BCUT2D eigenvalue weighted by molar-refractivity contribution is -0.146. The summed E-state index contributed by atoms with van der Waals surface area (Å²) in [6.45, 7) is 3.07. The van der Waals surface area contributed by atoms with Crippen LogP contribution >= 0.6 is 0 Å². The maximum atomic E-state index is 13.3. The molecule has 1 aliphatic rings. The van der Waals surface area contributed by atoms with Gasteiger partial charge in [0.05, 0.1) is 12.0 Å². The molecule has 28 heavy (non-hydrogen) atoms. The topological polar surface area (TPSA) is 20.3 Å². The molecule has 2 aromatic carbocycles. The number of rotatable bonds is 6. The zero-order chi connectivity index (χ0) is 20.5. The molecule has 3 rings (SSSR count). The van der Waals surface area contributed by atoms with E-state index in [4.69, 9.17) is 0 Å². The largest absolute Gasteiger partial charge is 0.395 e. The molecular weight excluding hydrogens is 370 g/mol. The number of carbonyl (C=O) groups is 1. The van der Waals surface area contributed by atoms with E-state index in [9.17, 15) is 22.4 Å². The highest BCUT2D eigenvalue weighted by atomic mass is 19.4. The molecule has 1 saturated carbocycles. The van der Waals surface area contributed by atoms with Gasteiger partial charge in [0, 0.05) is 11.6 Å². The average Bonchev–Trinajstić information content (AvgIpc) is 3.50. The zero-order valence-electron chi connectivity index (χ0n) is 15.8. The van der Waals surface area contributed by atoms with Gasteiger partial charge in [-0.25, -0.2) is 4.39 Å². The lowest BCUT2D eigenvalue weighted by Gasteiger charge is -2.32. The first-order valence-electron chi connectivity index (χ1n) is 9.47. The van der Waals surface area contributed by atoms with Gasteiger partial charge in [0.25, 0.3) is 5.91 Å². The molecule has 1 fully saturated rings. The maximum Gasteiger partial charge on any atom is 0.395 e. The van der Waals surface area contributed by atoms with E-state index >= 15 is 0 Å². The third kappa shape index (κ3) is 4.37. The normalized spacial score (nSPS) is 16.5. The Kier molecular flexibility index (Phi) is 5.77. The average molecular weight is 393 g/mol. The van der Waals surface area contributed by atoms with Gasteiger partial charge >= 0.3 is 6.18 Å². The summed E-state index contributed by atoms with van der Waals surface area (Å²) in [5, 5.41) is 0. The van der Waals surface area contributed by atoms with Crippen molar-refractivity contribution in [2.24, 2.45) is 0 Å². The van der Waals surface area contributed by atoms with Crippen molar-refractivity contribution in [1.29, 1.82) is 0 Å². The first kappa shape index (κ1) is 20.4. The van der Waals surface area contributed by atoms with Crippen LogP contribution in [0.25, 0.3) is 0 Å². The number of halogens is 4. The van der Waals surface area contributed by atoms with Crippen LogP contribution in [0.1, 0.15) is 66.6 Å². The molecule has 0 N–H and O–H groups in total. The molecule has 0 heterocycles. The van der Waals surface area contributed by atoms with E-state index in [1.165, 1.54) is 36.4 Å². The Labute approximate surface area is 162 Å². The number of alkyl halides is 3. The van der Waals surface area contributed by atoms with Crippen molar-refractivity contribution in [3.63, 3.8) is 0 Å². The van der Waals surface area contributed by atoms with Crippen molar-refractivity contribution in [3.8, 4) is 0 Å². The molecule has 0 radical (unpaired) electrons. The lowest BCUT2D eigenvalue weighted by Crippen LogP contribution is -2.36. The van der Waals surface area contributed by atoms with Crippen LogP contribution in [0.15, 0.2) is 48.5 Å². The second-order valence-electron chi connectivity index (χ2n) is 7.30. The minimum atomic E-state index is -4.32. The third-order valence-corrected chi connectivity index (χ3v) is 5.30. The molecule has 2 aromatic rings. The van der Waals surface area contributed by atoms with Crippen molar-refractivity contribution >= 4 is 5.91 Å². The first-order valence-corrected chi connectivity index (χ1v) is 9.47. The zero-order valence-corrected chi connectivity index (χ0v) is 15.8. The van der Waals surface area contributed by atoms with Crippen molar-refractivity contribution < 1.29 is 22.4 Å². The predicted molar refractivity (Wildman–Crippen MR) is 99.5 cm³/mol. The molecule has 0 aliphatic heterocycles. The van der Waals surface area contributed by atoms with Crippen LogP contribution < -0.4 is 0 Å². The standard InChI is InChI=1S/C22H23F4NO/c1-3-20(16-8-10-18(23)11-9-16)27(19-12-13-19)21(28)17-6-4-15(5-7-17)14(2)22(24,25)26/h4-11,14,19-20H,3,12-13H2,1-2H3/t14-,20+/m1/s1. The summed E-state index contributed by atoms with van der Waals surface area (Å²) in [4.78, 5) is 15.0. The van der Waals surface area contributed by atoms with Gasteiger partial charge in [-0.05, 0) is 61.6 Å². The van der Waals surface area contributed by atoms with Crippen LogP contribution in [0, 0.1) is 5.82 Å². The smallest absolute Gasteiger partial charge is 0.329 e. The highest BCUT2D eigenvalue weighted by Crippen LogP contribution is 2.38. The summed E-state index contributed by atoms with van der Waals surface area (Å²) in [7, 11) is 0. The van der Waals surface area contributed by atoms with Crippen LogP contribution in [0.2, 0.25) is 0 Å². The van der Waals surface area contributed by atoms with Gasteiger partial charge < -0.3 is 4.90 Å². The van der Waals surface area contributed by atoms with E-state index in [0.29, 0.717) is 12.0 Å². The molecule has 1 amide bonds. The molecule has 0 spiro atoms. The SMILES string of the molecule is CC[C@@H](c1ccc(F)cc1)N(C(=O)c1ccc([C@@H](C)C(F)(F)F)cc1)C1CC1. The predicted octanol–water partition coefficient (Wildman–Crippen LogP) is 6.25. The number of carbonyl (C=O) groups excluding carboxylic acids is 1. The summed E-state index contributed by atoms with van der Waals surface area (Å²) in [5.74, 6) is -2.12. The molecule has 1 aliphatic carbocycles.